The van der Waals surface area contributed by atoms with E-state index in [2.05, 4.69) is 0 Å². The molecule has 0 N–H and O–H groups in total. The zero-order valence-corrected chi connectivity index (χ0v) is 13.3. The molecular weight excluding hydrogens is 308 g/mol. The molecule has 0 aliphatic rings. The highest BCUT2D eigenvalue weighted by Gasteiger charge is 2.18. The van der Waals surface area contributed by atoms with Gasteiger partial charge in [0.25, 0.3) is 11.8 Å². The van der Waals surface area contributed by atoms with Gasteiger partial charge in [0, 0.05) is 18.2 Å². The molecule has 24 heavy (non-hydrogen) atoms. The number of nitrogens with zero attached hydrogens (tertiary/aromatic N) is 2. The number of anilines is 1. The van der Waals surface area contributed by atoms with Crippen LogP contribution < -0.4 is 4.90 Å². The van der Waals surface area contributed by atoms with Crippen molar-refractivity contribution in [2.45, 2.75) is 6.92 Å². The highest BCUT2D eigenvalue weighted by Crippen LogP contribution is 2.17. The lowest BCUT2D eigenvalue weighted by Gasteiger charge is -2.16. The van der Waals surface area contributed by atoms with Crippen molar-refractivity contribution in [2.75, 3.05) is 11.9 Å². The van der Waals surface area contributed by atoms with Crippen molar-refractivity contribution >= 4 is 30.3 Å². The molecule has 0 aliphatic carbocycles. The van der Waals surface area contributed by atoms with E-state index in [1.54, 1.807) is 24.3 Å². The number of hydrogen-bond donors (Lipinski definition) is 0. The van der Waals surface area contributed by atoms with Gasteiger partial charge < -0.3 is 0 Å². The minimum absolute atomic E-state index is 0.257. The molecule has 0 saturated heterocycles. The fraction of sp³-hybridized carbons (Fsp3) is 0.111. The smallest absolute Gasteiger partial charge is 0.264 e. The third-order valence-corrected chi connectivity index (χ3v) is 3.49. The van der Waals surface area contributed by atoms with Crippen LogP contribution in [-0.4, -0.2) is 36.6 Å². The van der Waals surface area contributed by atoms with Gasteiger partial charge in [-0.1, -0.05) is 17.7 Å². The number of carbonyl (C=O) groups is 4. The lowest BCUT2D eigenvalue weighted by molar-refractivity contribution is -0.115. The summed E-state index contributed by atoms with van der Waals surface area (Å²) in [6, 6.07) is 12.7. The number of benzene rings is 2. The molecule has 2 aromatic rings. The van der Waals surface area contributed by atoms with Crippen LogP contribution in [0.15, 0.2) is 48.5 Å². The standard InChI is InChI=1S/C18H16N2O4/c1-13-3-9-16(10-4-13)20(12-22)18(24)15-7-5-14(6-8-15)17(23)19(2)11-21/h3-12H,1-2H3. The van der Waals surface area contributed by atoms with E-state index >= 15 is 0 Å². The van der Waals surface area contributed by atoms with Crippen molar-refractivity contribution in [1.82, 2.24) is 4.90 Å². The molecule has 2 aromatic carbocycles. The third-order valence-electron chi connectivity index (χ3n) is 3.49. The zero-order chi connectivity index (χ0) is 17.7. The predicted octanol–water partition coefficient (Wildman–Crippen LogP) is 2.03. The molecule has 6 nitrogen and oxygen atoms in total. The van der Waals surface area contributed by atoms with Crippen molar-refractivity contribution in [3.63, 3.8) is 0 Å². The van der Waals surface area contributed by atoms with Crippen molar-refractivity contribution in [3.05, 3.63) is 65.2 Å². The molecule has 0 unspecified atom stereocenters. The van der Waals surface area contributed by atoms with E-state index in [-0.39, 0.29) is 11.1 Å². The Morgan fingerprint density at radius 1 is 0.792 bits per heavy atom. The van der Waals surface area contributed by atoms with E-state index in [4.69, 9.17) is 0 Å². The minimum atomic E-state index is -0.503. The summed E-state index contributed by atoms with van der Waals surface area (Å²) >= 11 is 0. The van der Waals surface area contributed by atoms with E-state index < -0.39 is 11.8 Å². The Labute approximate surface area is 139 Å². The molecule has 0 aromatic heterocycles. The Morgan fingerprint density at radius 2 is 1.29 bits per heavy atom. The number of rotatable bonds is 5. The second-order valence-corrected chi connectivity index (χ2v) is 5.21. The van der Waals surface area contributed by atoms with Crippen LogP contribution in [0.5, 0.6) is 0 Å². The Bertz CT molecular complexity index is 767. The summed E-state index contributed by atoms with van der Waals surface area (Å²) in [6.07, 6.45) is 0.860. The first kappa shape index (κ1) is 17.1. The summed E-state index contributed by atoms with van der Waals surface area (Å²) in [5, 5.41) is 0. The molecule has 0 bridgehead atoms. The van der Waals surface area contributed by atoms with E-state index in [0.29, 0.717) is 18.5 Å². The maximum atomic E-state index is 12.5. The molecule has 0 radical (unpaired) electrons. The van der Waals surface area contributed by atoms with Crippen LogP contribution in [0.3, 0.4) is 0 Å². The molecule has 4 amide bonds. The summed E-state index contributed by atoms with van der Waals surface area (Å²) in [5.41, 5.74) is 2.00. The van der Waals surface area contributed by atoms with Crippen LogP contribution >= 0.6 is 0 Å². The molecule has 0 heterocycles. The first-order valence-corrected chi connectivity index (χ1v) is 7.16. The minimum Gasteiger partial charge on any atom is -0.284 e. The van der Waals surface area contributed by atoms with Crippen molar-refractivity contribution in [3.8, 4) is 0 Å². The molecule has 122 valence electrons. The Hall–Kier alpha value is -3.28. The molecular formula is C18H16N2O4. The van der Waals surface area contributed by atoms with Gasteiger partial charge in [0.1, 0.15) is 0 Å². The van der Waals surface area contributed by atoms with E-state index in [1.807, 2.05) is 6.92 Å². The second kappa shape index (κ2) is 7.32. The van der Waals surface area contributed by atoms with Crippen molar-refractivity contribution < 1.29 is 19.2 Å². The van der Waals surface area contributed by atoms with E-state index in [1.165, 1.54) is 31.3 Å². The van der Waals surface area contributed by atoms with E-state index in [0.717, 1.165) is 15.4 Å². The van der Waals surface area contributed by atoms with Gasteiger partial charge in [0.15, 0.2) is 0 Å². The summed E-state index contributed by atoms with van der Waals surface area (Å²) in [4.78, 5) is 48.1. The lowest BCUT2D eigenvalue weighted by Crippen LogP contribution is -2.29. The second-order valence-electron chi connectivity index (χ2n) is 5.21. The van der Waals surface area contributed by atoms with Crippen molar-refractivity contribution in [2.24, 2.45) is 0 Å². The lowest BCUT2D eigenvalue weighted by atomic mass is 10.1. The number of carbonyl (C=O) groups excluding carboxylic acids is 4. The van der Waals surface area contributed by atoms with Gasteiger partial charge in [-0.15, -0.1) is 0 Å². The third kappa shape index (κ3) is 3.55. The number of aryl methyl sites for hydroxylation is 1. The van der Waals surface area contributed by atoms with Gasteiger partial charge in [-0.3, -0.25) is 24.1 Å². The van der Waals surface area contributed by atoms with Gasteiger partial charge in [0.2, 0.25) is 12.8 Å². The largest absolute Gasteiger partial charge is 0.284 e. The van der Waals surface area contributed by atoms with Crippen LogP contribution in [0.1, 0.15) is 26.3 Å². The van der Waals surface area contributed by atoms with Crippen LogP contribution in [0, 0.1) is 6.92 Å². The number of imide groups is 2. The Balaban J connectivity index is 2.25. The average molecular weight is 324 g/mol. The molecule has 0 saturated carbocycles. The summed E-state index contributed by atoms with van der Waals surface area (Å²) in [6.45, 7) is 1.91. The SMILES string of the molecule is Cc1ccc(N(C=O)C(=O)c2ccc(C(=O)N(C)C=O)cc2)cc1. The molecule has 0 aliphatic heterocycles. The number of amides is 4. The molecule has 6 heteroatoms. The highest BCUT2D eigenvalue weighted by molar-refractivity contribution is 6.15. The van der Waals surface area contributed by atoms with Crippen LogP contribution in [0.25, 0.3) is 0 Å². The highest BCUT2D eigenvalue weighted by atomic mass is 16.2. The number of hydrogen-bond acceptors (Lipinski definition) is 4. The van der Waals surface area contributed by atoms with Crippen LogP contribution in [0.4, 0.5) is 5.69 Å². The summed E-state index contributed by atoms with van der Waals surface area (Å²) in [7, 11) is 1.35. The fourth-order valence-electron chi connectivity index (χ4n) is 2.08. The Kier molecular flexibility index (Phi) is 5.21. The van der Waals surface area contributed by atoms with Gasteiger partial charge >= 0.3 is 0 Å². The van der Waals surface area contributed by atoms with Gasteiger partial charge in [-0.05, 0) is 43.3 Å². The van der Waals surface area contributed by atoms with Crippen molar-refractivity contribution in [1.29, 1.82) is 0 Å². The molecule has 0 spiro atoms. The first-order valence-electron chi connectivity index (χ1n) is 7.16. The monoisotopic (exact) mass is 324 g/mol. The maximum Gasteiger partial charge on any atom is 0.264 e. The quantitative estimate of drug-likeness (QED) is 0.789. The fourth-order valence-corrected chi connectivity index (χ4v) is 2.08. The normalized spacial score (nSPS) is 9.92. The topological polar surface area (TPSA) is 74.8 Å². The summed E-state index contributed by atoms with van der Waals surface area (Å²) in [5.74, 6) is -0.980. The Morgan fingerprint density at radius 3 is 1.75 bits per heavy atom. The van der Waals surface area contributed by atoms with Gasteiger partial charge in [0.05, 0.1) is 5.69 Å². The first-order chi connectivity index (χ1) is 11.5. The molecule has 0 atom stereocenters. The predicted molar refractivity (Wildman–Crippen MR) is 88.7 cm³/mol. The van der Waals surface area contributed by atoms with Crippen LogP contribution in [0.2, 0.25) is 0 Å². The van der Waals surface area contributed by atoms with E-state index in [9.17, 15) is 19.2 Å². The average Bonchev–Trinajstić information content (AvgIpc) is 2.62. The van der Waals surface area contributed by atoms with Gasteiger partial charge in [-0.25, -0.2) is 4.90 Å². The summed E-state index contributed by atoms with van der Waals surface area (Å²) < 4.78 is 0. The van der Waals surface area contributed by atoms with Crippen LogP contribution in [-0.2, 0) is 9.59 Å². The maximum absolute atomic E-state index is 12.5. The molecule has 2 rings (SSSR count). The van der Waals surface area contributed by atoms with Gasteiger partial charge in [-0.2, -0.15) is 0 Å². The zero-order valence-electron chi connectivity index (χ0n) is 13.3. The molecule has 0 fully saturated rings.